The fraction of sp³-hybridized carbons (Fsp3) is 0.636. The summed E-state index contributed by atoms with van der Waals surface area (Å²) < 4.78 is 39.9. The Bertz CT molecular complexity index is 466. The van der Waals surface area contributed by atoms with Crippen LogP contribution in [0.5, 0.6) is 0 Å². The van der Waals surface area contributed by atoms with E-state index < -0.39 is 12.8 Å². The van der Waals surface area contributed by atoms with Gasteiger partial charge in [-0.05, 0) is 12.8 Å². The molecule has 0 aromatic carbocycles. The highest BCUT2D eigenvalue weighted by Gasteiger charge is 2.27. The number of rotatable bonds is 5. The maximum absolute atomic E-state index is 11.8. The van der Waals surface area contributed by atoms with Crippen LogP contribution in [0.15, 0.2) is 10.9 Å². The summed E-state index contributed by atoms with van der Waals surface area (Å²) in [5, 5.41) is 0. The number of H-pyrrole nitrogens is 1. The minimum absolute atomic E-state index is 0.115. The van der Waals surface area contributed by atoms with Gasteiger partial charge in [0, 0.05) is 18.4 Å². The molecular weight excluding hydrogens is 249 g/mol. The number of nitrogens with one attached hydrogen (secondary N) is 1. The molecule has 0 radical (unpaired) electrons. The number of aromatic nitrogens is 2. The molecule has 4 nitrogen and oxygen atoms in total. The normalized spacial score (nSPS) is 15.9. The Morgan fingerprint density at radius 1 is 1.44 bits per heavy atom. The van der Waals surface area contributed by atoms with Crippen LogP contribution in [0, 0.1) is 0 Å². The highest BCUT2D eigenvalue weighted by Crippen LogP contribution is 2.38. The van der Waals surface area contributed by atoms with Crippen LogP contribution >= 0.6 is 0 Å². The van der Waals surface area contributed by atoms with Crippen LogP contribution < -0.4 is 5.56 Å². The van der Waals surface area contributed by atoms with Gasteiger partial charge in [-0.15, -0.1) is 0 Å². The first-order valence-corrected chi connectivity index (χ1v) is 5.69. The van der Waals surface area contributed by atoms with Crippen LogP contribution in [0.3, 0.4) is 0 Å². The number of ether oxygens (including phenoxy) is 1. The predicted octanol–water partition coefficient (Wildman–Crippen LogP) is 1.77. The van der Waals surface area contributed by atoms with Crippen LogP contribution in [0.2, 0.25) is 0 Å². The van der Waals surface area contributed by atoms with Gasteiger partial charge in [0.1, 0.15) is 12.4 Å². The largest absolute Gasteiger partial charge is 0.411 e. The summed E-state index contributed by atoms with van der Waals surface area (Å²) in [5.74, 6) is 0.716. The predicted molar refractivity (Wildman–Crippen MR) is 57.4 cm³/mol. The van der Waals surface area contributed by atoms with E-state index in [4.69, 9.17) is 0 Å². The van der Waals surface area contributed by atoms with Gasteiger partial charge in [-0.3, -0.25) is 4.79 Å². The van der Waals surface area contributed by atoms with Gasteiger partial charge in [-0.25, -0.2) is 4.98 Å². The minimum Gasteiger partial charge on any atom is -0.372 e. The fourth-order valence-electron chi connectivity index (χ4n) is 1.59. The first kappa shape index (κ1) is 13.1. The van der Waals surface area contributed by atoms with Crippen molar-refractivity contribution in [3.05, 3.63) is 27.9 Å². The molecule has 0 spiro atoms. The van der Waals surface area contributed by atoms with Crippen molar-refractivity contribution in [1.29, 1.82) is 0 Å². The molecule has 0 bridgehead atoms. The van der Waals surface area contributed by atoms with Crippen molar-refractivity contribution < 1.29 is 17.9 Å². The molecule has 1 fully saturated rings. The van der Waals surface area contributed by atoms with Gasteiger partial charge in [-0.1, -0.05) is 0 Å². The maximum Gasteiger partial charge on any atom is 0.411 e. The van der Waals surface area contributed by atoms with Crippen molar-refractivity contribution in [3.63, 3.8) is 0 Å². The molecule has 0 amide bonds. The lowest BCUT2D eigenvalue weighted by Crippen LogP contribution is -2.19. The van der Waals surface area contributed by atoms with Gasteiger partial charge in [0.15, 0.2) is 0 Å². The number of aromatic amines is 1. The lowest BCUT2D eigenvalue weighted by Gasteiger charge is -2.07. The van der Waals surface area contributed by atoms with Crippen LogP contribution in [-0.2, 0) is 11.2 Å². The van der Waals surface area contributed by atoms with Crippen LogP contribution in [-0.4, -0.2) is 29.4 Å². The van der Waals surface area contributed by atoms with E-state index in [0.717, 1.165) is 18.5 Å². The number of alkyl halides is 3. The van der Waals surface area contributed by atoms with Crippen molar-refractivity contribution in [2.24, 2.45) is 0 Å². The summed E-state index contributed by atoms with van der Waals surface area (Å²) in [6.07, 6.45) is -2.12. The molecule has 1 saturated carbocycles. The van der Waals surface area contributed by atoms with Gasteiger partial charge < -0.3 is 9.72 Å². The molecule has 1 aromatic rings. The summed E-state index contributed by atoms with van der Waals surface area (Å²) in [7, 11) is 0. The SMILES string of the molecule is O=c1cc(C2CC2)nc(CCOCC(F)(F)F)[nH]1. The van der Waals surface area contributed by atoms with Gasteiger partial charge in [0.05, 0.1) is 12.3 Å². The molecule has 0 saturated heterocycles. The quantitative estimate of drug-likeness (QED) is 0.823. The van der Waals surface area contributed by atoms with Crippen molar-refractivity contribution in [1.82, 2.24) is 9.97 Å². The molecule has 2 rings (SSSR count). The highest BCUT2D eigenvalue weighted by atomic mass is 19.4. The fourth-order valence-corrected chi connectivity index (χ4v) is 1.59. The second-order valence-electron chi connectivity index (χ2n) is 4.31. The molecule has 18 heavy (non-hydrogen) atoms. The lowest BCUT2D eigenvalue weighted by molar-refractivity contribution is -0.173. The van der Waals surface area contributed by atoms with Crippen molar-refractivity contribution in [2.45, 2.75) is 31.4 Å². The van der Waals surface area contributed by atoms with Gasteiger partial charge >= 0.3 is 6.18 Å². The third-order valence-electron chi connectivity index (χ3n) is 2.56. The second kappa shape index (κ2) is 5.09. The minimum atomic E-state index is -4.32. The highest BCUT2D eigenvalue weighted by molar-refractivity contribution is 5.14. The Morgan fingerprint density at radius 3 is 2.78 bits per heavy atom. The lowest BCUT2D eigenvalue weighted by atomic mass is 10.2. The van der Waals surface area contributed by atoms with E-state index in [-0.39, 0.29) is 18.6 Å². The van der Waals surface area contributed by atoms with Crippen molar-refractivity contribution in [2.75, 3.05) is 13.2 Å². The van der Waals surface area contributed by atoms with Crippen LogP contribution in [0.25, 0.3) is 0 Å². The third-order valence-corrected chi connectivity index (χ3v) is 2.56. The Kier molecular flexibility index (Phi) is 3.70. The summed E-state index contributed by atoms with van der Waals surface area (Å²) in [6, 6.07) is 1.44. The second-order valence-corrected chi connectivity index (χ2v) is 4.31. The smallest absolute Gasteiger partial charge is 0.372 e. The summed E-state index contributed by atoms with van der Waals surface area (Å²) in [4.78, 5) is 18.0. The van der Waals surface area contributed by atoms with E-state index in [1.807, 2.05) is 0 Å². The molecule has 1 aliphatic rings. The summed E-state index contributed by atoms with van der Waals surface area (Å²) in [6.45, 7) is -1.39. The zero-order valence-corrected chi connectivity index (χ0v) is 9.59. The third kappa shape index (κ3) is 4.14. The van der Waals surface area contributed by atoms with Crippen molar-refractivity contribution in [3.8, 4) is 0 Å². The average molecular weight is 262 g/mol. The van der Waals surface area contributed by atoms with E-state index in [0.29, 0.717) is 11.7 Å². The number of nitrogens with zero attached hydrogens (tertiary/aromatic N) is 1. The molecule has 1 heterocycles. The average Bonchev–Trinajstić information content (AvgIpc) is 3.06. The maximum atomic E-state index is 11.8. The Morgan fingerprint density at radius 2 is 2.17 bits per heavy atom. The standard InChI is InChI=1S/C11H13F3N2O2/c12-11(13,14)6-18-4-3-9-15-8(7-1-2-7)5-10(17)16-9/h5,7H,1-4,6H2,(H,15,16,17). The first-order chi connectivity index (χ1) is 8.44. The monoisotopic (exact) mass is 262 g/mol. The molecule has 1 aromatic heterocycles. The van der Waals surface area contributed by atoms with Gasteiger partial charge in [0.2, 0.25) is 0 Å². The zero-order valence-electron chi connectivity index (χ0n) is 9.59. The van der Waals surface area contributed by atoms with E-state index >= 15 is 0 Å². The molecule has 7 heteroatoms. The Hall–Kier alpha value is -1.37. The van der Waals surface area contributed by atoms with E-state index in [1.165, 1.54) is 6.07 Å². The molecule has 100 valence electrons. The van der Waals surface area contributed by atoms with Crippen LogP contribution in [0.1, 0.15) is 30.3 Å². The topological polar surface area (TPSA) is 55.0 Å². The number of halogens is 3. The van der Waals surface area contributed by atoms with Gasteiger partial charge in [0.25, 0.3) is 5.56 Å². The van der Waals surface area contributed by atoms with E-state index in [9.17, 15) is 18.0 Å². The van der Waals surface area contributed by atoms with Crippen molar-refractivity contribution >= 4 is 0 Å². The van der Waals surface area contributed by atoms with E-state index in [1.54, 1.807) is 0 Å². The Labute approximate surface area is 101 Å². The molecule has 0 aliphatic heterocycles. The first-order valence-electron chi connectivity index (χ1n) is 5.69. The molecule has 0 unspecified atom stereocenters. The zero-order chi connectivity index (χ0) is 13.2. The molecule has 0 atom stereocenters. The molecular formula is C11H13F3N2O2. The van der Waals surface area contributed by atoms with Gasteiger partial charge in [-0.2, -0.15) is 13.2 Å². The molecule has 1 N–H and O–H groups in total. The van der Waals surface area contributed by atoms with E-state index in [2.05, 4.69) is 14.7 Å². The van der Waals surface area contributed by atoms with Crippen LogP contribution in [0.4, 0.5) is 13.2 Å². The number of hydrogen-bond acceptors (Lipinski definition) is 3. The summed E-state index contributed by atoms with van der Waals surface area (Å²) in [5.41, 5.74) is 0.460. The number of hydrogen-bond donors (Lipinski definition) is 1. The Balaban J connectivity index is 1.87. The molecule has 1 aliphatic carbocycles. The summed E-state index contributed by atoms with van der Waals surface area (Å²) >= 11 is 0.